The Hall–Kier alpha value is -3.41. The predicted octanol–water partition coefficient (Wildman–Crippen LogP) is 5.85. The van der Waals surface area contributed by atoms with Gasteiger partial charge < -0.3 is 23.9 Å². The highest BCUT2D eigenvalue weighted by Gasteiger charge is 2.30. The molecule has 0 bridgehead atoms. The van der Waals surface area contributed by atoms with Gasteiger partial charge in [-0.05, 0) is 93.5 Å². The van der Waals surface area contributed by atoms with Crippen LogP contribution >= 0.6 is 0 Å². The first-order valence-electron chi connectivity index (χ1n) is 12.0. The minimum atomic E-state index is -0.271. The molecule has 0 unspecified atom stereocenters. The third kappa shape index (κ3) is 4.88. The molecule has 0 radical (unpaired) electrons. The fraction of sp³-hybridized carbons (Fsp3) is 0.414. The predicted molar refractivity (Wildman–Crippen MR) is 136 cm³/mol. The number of carbonyl (C=O) groups excluding carboxylic acids is 1. The molecule has 0 spiro atoms. The van der Waals surface area contributed by atoms with Gasteiger partial charge in [0.15, 0.2) is 17.3 Å². The minimum Gasteiger partial charge on any atom is -0.493 e. The number of para-hydroxylation sites is 1. The van der Waals surface area contributed by atoms with Crippen LogP contribution in [0.3, 0.4) is 0 Å². The molecular formula is C29H35NO5. The van der Waals surface area contributed by atoms with Gasteiger partial charge in [-0.1, -0.05) is 12.1 Å². The SMILES string of the molecule is COc1cccc(CNC(=O)c2ccc(Cc3c(C)c(C)c4c(c3C)CCC(C)(C)O4)o2)c1OC. The normalized spacial score (nSPS) is 14.1. The van der Waals surface area contributed by atoms with Crippen molar-refractivity contribution in [2.45, 2.75) is 66.0 Å². The Morgan fingerprint density at radius 2 is 1.80 bits per heavy atom. The summed E-state index contributed by atoms with van der Waals surface area (Å²) < 4.78 is 23.1. The third-order valence-electron chi connectivity index (χ3n) is 7.05. The standard InChI is InChI=1S/C29H35NO5/c1-17-18(2)26-22(13-14-29(4,5)35-26)19(3)23(17)15-21-11-12-25(34-21)28(31)30-16-20-9-8-10-24(32-6)27(20)33-7/h8-12H,13-16H2,1-7H3,(H,30,31). The van der Waals surface area contributed by atoms with Gasteiger partial charge >= 0.3 is 0 Å². The number of amides is 1. The second-order valence-electron chi connectivity index (χ2n) is 9.80. The molecule has 35 heavy (non-hydrogen) atoms. The average Bonchev–Trinajstić information content (AvgIpc) is 3.31. The highest BCUT2D eigenvalue weighted by Crippen LogP contribution is 2.41. The molecule has 2 aromatic carbocycles. The van der Waals surface area contributed by atoms with E-state index in [2.05, 4.69) is 39.9 Å². The summed E-state index contributed by atoms with van der Waals surface area (Å²) in [5.74, 6) is 3.05. The number of carbonyl (C=O) groups is 1. The molecule has 0 aliphatic carbocycles. The van der Waals surface area contributed by atoms with Crippen molar-refractivity contribution in [3.05, 3.63) is 75.2 Å². The number of ether oxygens (including phenoxy) is 3. The van der Waals surface area contributed by atoms with Crippen LogP contribution in [-0.4, -0.2) is 25.7 Å². The summed E-state index contributed by atoms with van der Waals surface area (Å²) in [5.41, 5.74) is 6.87. The minimum absolute atomic E-state index is 0.143. The summed E-state index contributed by atoms with van der Waals surface area (Å²) in [7, 11) is 3.17. The first-order chi connectivity index (χ1) is 16.6. The highest BCUT2D eigenvalue weighted by molar-refractivity contribution is 5.91. The van der Waals surface area contributed by atoms with Crippen LogP contribution < -0.4 is 19.5 Å². The van der Waals surface area contributed by atoms with E-state index in [-0.39, 0.29) is 17.3 Å². The van der Waals surface area contributed by atoms with Crippen molar-refractivity contribution in [1.29, 1.82) is 0 Å². The van der Waals surface area contributed by atoms with E-state index in [0.29, 0.717) is 24.5 Å². The molecule has 1 aromatic heterocycles. The van der Waals surface area contributed by atoms with Gasteiger partial charge in [-0.2, -0.15) is 0 Å². The van der Waals surface area contributed by atoms with Crippen molar-refractivity contribution in [1.82, 2.24) is 5.32 Å². The molecule has 1 aliphatic heterocycles. The maximum absolute atomic E-state index is 12.8. The Morgan fingerprint density at radius 1 is 1.03 bits per heavy atom. The number of benzene rings is 2. The molecule has 0 fully saturated rings. The first kappa shape index (κ1) is 24.7. The number of hydrogen-bond acceptors (Lipinski definition) is 5. The van der Waals surface area contributed by atoms with Crippen molar-refractivity contribution >= 4 is 5.91 Å². The van der Waals surface area contributed by atoms with Gasteiger partial charge in [0.2, 0.25) is 0 Å². The second kappa shape index (κ2) is 9.68. The van der Waals surface area contributed by atoms with Crippen molar-refractivity contribution in [2.75, 3.05) is 14.2 Å². The van der Waals surface area contributed by atoms with Gasteiger partial charge in [-0.3, -0.25) is 4.79 Å². The zero-order valence-corrected chi connectivity index (χ0v) is 21.8. The summed E-state index contributed by atoms with van der Waals surface area (Å²) in [6, 6.07) is 9.20. The number of furan rings is 1. The number of nitrogens with one attached hydrogen (secondary N) is 1. The van der Waals surface area contributed by atoms with E-state index in [1.54, 1.807) is 20.3 Å². The fourth-order valence-corrected chi connectivity index (χ4v) is 4.84. The maximum atomic E-state index is 12.8. The molecule has 6 nitrogen and oxygen atoms in total. The quantitative estimate of drug-likeness (QED) is 0.462. The number of methoxy groups -OCH3 is 2. The molecule has 0 atom stereocenters. The Bertz CT molecular complexity index is 1250. The molecule has 4 rings (SSSR count). The van der Waals surface area contributed by atoms with Crippen LogP contribution in [0.15, 0.2) is 34.7 Å². The summed E-state index contributed by atoms with van der Waals surface area (Å²) in [4.78, 5) is 12.8. The number of rotatable bonds is 7. The van der Waals surface area contributed by atoms with E-state index < -0.39 is 0 Å². The topological polar surface area (TPSA) is 69.9 Å². The van der Waals surface area contributed by atoms with E-state index in [4.69, 9.17) is 18.6 Å². The zero-order valence-electron chi connectivity index (χ0n) is 21.8. The molecule has 6 heteroatoms. The van der Waals surface area contributed by atoms with Gasteiger partial charge in [0.25, 0.3) is 5.91 Å². The van der Waals surface area contributed by atoms with Crippen LogP contribution in [0.1, 0.15) is 70.0 Å². The average molecular weight is 478 g/mol. The summed E-state index contributed by atoms with van der Waals surface area (Å²) >= 11 is 0. The molecule has 186 valence electrons. The third-order valence-corrected chi connectivity index (χ3v) is 7.05. The molecule has 3 aromatic rings. The largest absolute Gasteiger partial charge is 0.493 e. The van der Waals surface area contributed by atoms with Crippen LogP contribution in [0.2, 0.25) is 0 Å². The molecule has 1 N–H and O–H groups in total. The highest BCUT2D eigenvalue weighted by atomic mass is 16.5. The van der Waals surface area contributed by atoms with Crippen LogP contribution in [0.5, 0.6) is 17.2 Å². The maximum Gasteiger partial charge on any atom is 0.287 e. The molecule has 0 saturated carbocycles. The lowest BCUT2D eigenvalue weighted by Gasteiger charge is -2.35. The van der Waals surface area contributed by atoms with Gasteiger partial charge in [0.05, 0.1) is 14.2 Å². The summed E-state index contributed by atoms with van der Waals surface area (Å²) in [6.07, 6.45) is 2.62. The van der Waals surface area contributed by atoms with Gasteiger partial charge in [0, 0.05) is 18.5 Å². The first-order valence-corrected chi connectivity index (χ1v) is 12.0. The van der Waals surface area contributed by atoms with Gasteiger partial charge in [-0.15, -0.1) is 0 Å². The fourth-order valence-electron chi connectivity index (χ4n) is 4.84. The molecular weight excluding hydrogens is 442 g/mol. The summed E-state index contributed by atoms with van der Waals surface area (Å²) in [5, 5.41) is 2.91. The smallest absolute Gasteiger partial charge is 0.287 e. The van der Waals surface area contributed by atoms with Crippen LogP contribution in [-0.2, 0) is 19.4 Å². The van der Waals surface area contributed by atoms with E-state index in [1.165, 1.54) is 27.8 Å². The Labute approximate surface area is 207 Å². The van der Waals surface area contributed by atoms with Crippen LogP contribution in [0.25, 0.3) is 0 Å². The van der Waals surface area contributed by atoms with Crippen LogP contribution in [0, 0.1) is 20.8 Å². The van der Waals surface area contributed by atoms with Crippen molar-refractivity contribution in [3.63, 3.8) is 0 Å². The van der Waals surface area contributed by atoms with E-state index in [9.17, 15) is 4.79 Å². The number of fused-ring (bicyclic) bond motifs is 1. The Kier molecular flexibility index (Phi) is 6.84. The van der Waals surface area contributed by atoms with Gasteiger partial charge in [0.1, 0.15) is 17.1 Å². The monoisotopic (exact) mass is 477 g/mol. The van der Waals surface area contributed by atoms with E-state index in [0.717, 1.165) is 29.9 Å². The molecule has 1 amide bonds. The lowest BCUT2D eigenvalue weighted by atomic mass is 9.84. The second-order valence-corrected chi connectivity index (χ2v) is 9.80. The molecule has 2 heterocycles. The Morgan fingerprint density at radius 3 is 2.51 bits per heavy atom. The van der Waals surface area contributed by atoms with Gasteiger partial charge in [-0.25, -0.2) is 0 Å². The van der Waals surface area contributed by atoms with Crippen molar-refractivity contribution in [3.8, 4) is 17.2 Å². The van der Waals surface area contributed by atoms with Crippen LogP contribution in [0.4, 0.5) is 0 Å². The molecule has 0 saturated heterocycles. The lowest BCUT2D eigenvalue weighted by Crippen LogP contribution is -2.33. The van der Waals surface area contributed by atoms with E-state index in [1.807, 2.05) is 24.3 Å². The molecule has 1 aliphatic rings. The number of hydrogen-bond donors (Lipinski definition) is 1. The van der Waals surface area contributed by atoms with Crippen molar-refractivity contribution < 1.29 is 23.4 Å². The van der Waals surface area contributed by atoms with E-state index >= 15 is 0 Å². The Balaban J connectivity index is 1.50. The lowest BCUT2D eigenvalue weighted by molar-refractivity contribution is 0.0833. The summed E-state index contributed by atoms with van der Waals surface area (Å²) in [6.45, 7) is 11.0. The van der Waals surface area contributed by atoms with Crippen molar-refractivity contribution in [2.24, 2.45) is 0 Å². The zero-order chi connectivity index (χ0) is 25.3.